The van der Waals surface area contributed by atoms with Crippen molar-refractivity contribution in [3.8, 4) is 0 Å². The number of hydrogen-bond acceptors (Lipinski definition) is 4. The number of nitrogens with one attached hydrogen (secondary N) is 1. The molecular weight excluding hydrogens is 237 g/mol. The molecule has 0 aliphatic heterocycles. The SMILES string of the molecule is Cc1ncnc(Nc2ccc(C(=O)O)cc2)c1F. The Hall–Kier alpha value is -2.50. The first kappa shape index (κ1) is 12.0. The van der Waals surface area contributed by atoms with Gasteiger partial charge in [-0.2, -0.15) is 0 Å². The van der Waals surface area contributed by atoms with Crippen LogP contribution in [0.1, 0.15) is 16.1 Å². The topological polar surface area (TPSA) is 75.1 Å². The second-order valence-corrected chi connectivity index (χ2v) is 3.63. The Morgan fingerprint density at radius 3 is 2.56 bits per heavy atom. The largest absolute Gasteiger partial charge is 0.478 e. The van der Waals surface area contributed by atoms with Gasteiger partial charge >= 0.3 is 5.97 Å². The lowest BCUT2D eigenvalue weighted by Crippen LogP contribution is -2.01. The highest BCUT2D eigenvalue weighted by molar-refractivity contribution is 5.88. The van der Waals surface area contributed by atoms with Crippen molar-refractivity contribution in [2.24, 2.45) is 0 Å². The number of nitrogens with zero attached hydrogens (tertiary/aromatic N) is 2. The van der Waals surface area contributed by atoms with Crippen LogP contribution in [0.15, 0.2) is 30.6 Å². The van der Waals surface area contributed by atoms with Crippen molar-refractivity contribution in [2.75, 3.05) is 5.32 Å². The Morgan fingerprint density at radius 1 is 1.28 bits per heavy atom. The average molecular weight is 247 g/mol. The summed E-state index contributed by atoms with van der Waals surface area (Å²) in [6, 6.07) is 5.94. The molecule has 1 heterocycles. The van der Waals surface area contributed by atoms with Gasteiger partial charge in [0.25, 0.3) is 0 Å². The van der Waals surface area contributed by atoms with Gasteiger partial charge in [0.2, 0.25) is 0 Å². The highest BCUT2D eigenvalue weighted by Gasteiger charge is 2.08. The van der Waals surface area contributed by atoms with Crippen LogP contribution in [-0.4, -0.2) is 21.0 Å². The minimum Gasteiger partial charge on any atom is -0.478 e. The normalized spacial score (nSPS) is 10.1. The molecule has 2 aromatic rings. The maximum atomic E-state index is 13.6. The smallest absolute Gasteiger partial charge is 0.335 e. The summed E-state index contributed by atoms with van der Waals surface area (Å²) in [7, 11) is 0. The van der Waals surface area contributed by atoms with Crippen molar-refractivity contribution in [1.82, 2.24) is 9.97 Å². The highest BCUT2D eigenvalue weighted by Crippen LogP contribution is 2.18. The summed E-state index contributed by atoms with van der Waals surface area (Å²) in [6.07, 6.45) is 1.26. The van der Waals surface area contributed by atoms with E-state index in [4.69, 9.17) is 5.11 Å². The molecule has 0 spiro atoms. The lowest BCUT2D eigenvalue weighted by Gasteiger charge is -2.07. The van der Waals surface area contributed by atoms with Gasteiger partial charge in [-0.1, -0.05) is 0 Å². The molecule has 1 aromatic carbocycles. The zero-order chi connectivity index (χ0) is 13.1. The standard InChI is InChI=1S/C12H10FN3O2/c1-7-10(13)11(15-6-14-7)16-9-4-2-8(3-5-9)12(17)18/h2-6H,1H3,(H,17,18)(H,14,15,16). The van der Waals surface area contributed by atoms with Crippen LogP contribution in [0.5, 0.6) is 0 Å². The second-order valence-electron chi connectivity index (χ2n) is 3.63. The van der Waals surface area contributed by atoms with Gasteiger partial charge in [-0.15, -0.1) is 0 Å². The molecule has 0 radical (unpaired) electrons. The van der Waals surface area contributed by atoms with E-state index in [-0.39, 0.29) is 17.1 Å². The minimum atomic E-state index is -1.01. The molecule has 0 saturated heterocycles. The van der Waals surface area contributed by atoms with Crippen LogP contribution < -0.4 is 5.32 Å². The molecule has 18 heavy (non-hydrogen) atoms. The van der Waals surface area contributed by atoms with Gasteiger partial charge in [-0.05, 0) is 31.2 Å². The maximum absolute atomic E-state index is 13.6. The number of aromatic carboxylic acids is 1. The summed E-state index contributed by atoms with van der Waals surface area (Å²) in [5, 5.41) is 11.5. The quantitative estimate of drug-likeness (QED) is 0.870. The molecule has 92 valence electrons. The van der Waals surface area contributed by atoms with Crippen LogP contribution in [0.3, 0.4) is 0 Å². The molecule has 0 amide bonds. The summed E-state index contributed by atoms with van der Waals surface area (Å²) >= 11 is 0. The molecule has 5 nitrogen and oxygen atoms in total. The monoisotopic (exact) mass is 247 g/mol. The number of halogens is 1. The Morgan fingerprint density at radius 2 is 1.94 bits per heavy atom. The van der Waals surface area contributed by atoms with E-state index < -0.39 is 11.8 Å². The number of benzene rings is 1. The van der Waals surface area contributed by atoms with Crippen LogP contribution in [0.25, 0.3) is 0 Å². The van der Waals surface area contributed by atoms with Gasteiger partial charge in [0, 0.05) is 5.69 Å². The van der Waals surface area contributed by atoms with Crippen LogP contribution in [0, 0.1) is 12.7 Å². The summed E-state index contributed by atoms with van der Waals surface area (Å²) in [5.41, 5.74) is 0.964. The van der Waals surface area contributed by atoms with Crippen molar-refractivity contribution in [3.05, 3.63) is 47.7 Å². The molecule has 0 atom stereocenters. The Balaban J connectivity index is 2.24. The molecule has 0 fully saturated rings. The maximum Gasteiger partial charge on any atom is 0.335 e. The zero-order valence-electron chi connectivity index (χ0n) is 9.51. The summed E-state index contributed by atoms with van der Waals surface area (Å²) in [6.45, 7) is 1.54. The van der Waals surface area contributed by atoms with Crippen molar-refractivity contribution in [1.29, 1.82) is 0 Å². The predicted molar refractivity (Wildman–Crippen MR) is 63.4 cm³/mol. The van der Waals surface area contributed by atoms with Crippen molar-refractivity contribution in [2.45, 2.75) is 6.92 Å². The fourth-order valence-corrected chi connectivity index (χ4v) is 1.38. The van der Waals surface area contributed by atoms with E-state index in [1.165, 1.54) is 25.4 Å². The summed E-state index contributed by atoms with van der Waals surface area (Å²) in [4.78, 5) is 18.2. The van der Waals surface area contributed by atoms with Crippen molar-refractivity contribution in [3.63, 3.8) is 0 Å². The molecule has 2 N–H and O–H groups in total. The zero-order valence-corrected chi connectivity index (χ0v) is 9.51. The van der Waals surface area contributed by atoms with Crippen LogP contribution in [-0.2, 0) is 0 Å². The number of aromatic nitrogens is 2. The van der Waals surface area contributed by atoms with E-state index in [2.05, 4.69) is 15.3 Å². The number of aryl methyl sites for hydroxylation is 1. The molecule has 0 bridgehead atoms. The molecular formula is C12H10FN3O2. The lowest BCUT2D eigenvalue weighted by molar-refractivity contribution is 0.0697. The van der Waals surface area contributed by atoms with Crippen molar-refractivity contribution < 1.29 is 14.3 Å². The van der Waals surface area contributed by atoms with Gasteiger partial charge in [-0.25, -0.2) is 19.2 Å². The number of hydrogen-bond donors (Lipinski definition) is 2. The minimum absolute atomic E-state index is 0.0607. The first-order chi connectivity index (χ1) is 8.58. The Kier molecular flexibility index (Phi) is 3.18. The molecule has 6 heteroatoms. The predicted octanol–water partition coefficient (Wildman–Crippen LogP) is 2.37. The summed E-state index contributed by atoms with van der Waals surface area (Å²) < 4.78 is 13.6. The number of carboxylic acids is 1. The number of carboxylic acid groups (broad SMARTS) is 1. The molecule has 0 unspecified atom stereocenters. The first-order valence-electron chi connectivity index (χ1n) is 5.15. The van der Waals surface area contributed by atoms with Crippen molar-refractivity contribution >= 4 is 17.5 Å². The van der Waals surface area contributed by atoms with E-state index in [0.29, 0.717) is 5.69 Å². The van der Waals surface area contributed by atoms with E-state index in [0.717, 1.165) is 0 Å². The Bertz CT molecular complexity index is 584. The lowest BCUT2D eigenvalue weighted by atomic mass is 10.2. The number of anilines is 2. The van der Waals surface area contributed by atoms with Gasteiger partial charge in [0.1, 0.15) is 6.33 Å². The van der Waals surface area contributed by atoms with Gasteiger partial charge in [0.05, 0.1) is 11.3 Å². The molecule has 0 aliphatic carbocycles. The molecule has 0 aliphatic rings. The third-order valence-electron chi connectivity index (χ3n) is 2.36. The van der Waals surface area contributed by atoms with Crippen LogP contribution in [0.4, 0.5) is 15.9 Å². The second kappa shape index (κ2) is 4.79. The fraction of sp³-hybridized carbons (Fsp3) is 0.0833. The van der Waals surface area contributed by atoms with E-state index in [1.807, 2.05) is 0 Å². The van der Waals surface area contributed by atoms with Gasteiger partial charge in [-0.3, -0.25) is 0 Å². The van der Waals surface area contributed by atoms with Crippen LogP contribution in [0.2, 0.25) is 0 Å². The first-order valence-corrected chi connectivity index (χ1v) is 5.15. The third kappa shape index (κ3) is 2.42. The van der Waals surface area contributed by atoms with Crippen LogP contribution >= 0.6 is 0 Å². The van der Waals surface area contributed by atoms with Gasteiger partial charge in [0.15, 0.2) is 11.6 Å². The van der Waals surface area contributed by atoms with E-state index in [9.17, 15) is 9.18 Å². The molecule has 2 rings (SSSR count). The van der Waals surface area contributed by atoms with Gasteiger partial charge < -0.3 is 10.4 Å². The third-order valence-corrected chi connectivity index (χ3v) is 2.36. The summed E-state index contributed by atoms with van der Waals surface area (Å²) in [5.74, 6) is -1.48. The molecule has 0 saturated carbocycles. The highest BCUT2D eigenvalue weighted by atomic mass is 19.1. The average Bonchev–Trinajstić information content (AvgIpc) is 2.36. The fourth-order valence-electron chi connectivity index (χ4n) is 1.38. The number of carbonyl (C=O) groups is 1. The van der Waals surface area contributed by atoms with E-state index >= 15 is 0 Å². The number of rotatable bonds is 3. The van der Waals surface area contributed by atoms with E-state index in [1.54, 1.807) is 12.1 Å². The molecule has 1 aromatic heterocycles. The Labute approximate surface area is 102 Å².